The minimum absolute atomic E-state index is 0.335. The van der Waals surface area contributed by atoms with Crippen LogP contribution in [0.5, 0.6) is 0 Å². The normalized spacial score (nSPS) is 12.0. The van der Waals surface area contributed by atoms with Crippen LogP contribution in [-0.4, -0.2) is 9.78 Å². The van der Waals surface area contributed by atoms with Gasteiger partial charge in [0.25, 0.3) is 0 Å². The average molecular weight is 277 g/mol. The number of hydrogen-bond donors (Lipinski definition) is 1. The second-order valence-electron chi connectivity index (χ2n) is 5.01. The Hall–Kier alpha value is -2.55. The molecule has 3 nitrogen and oxygen atoms in total. The molecule has 0 fully saturated rings. The Balaban J connectivity index is 1.75. The maximum absolute atomic E-state index is 4.24. The Morgan fingerprint density at radius 1 is 1.00 bits per heavy atom. The third kappa shape index (κ3) is 3.14. The number of aromatic nitrogens is 2. The van der Waals surface area contributed by atoms with Crippen molar-refractivity contribution in [3.63, 3.8) is 0 Å². The van der Waals surface area contributed by atoms with Gasteiger partial charge in [-0.25, -0.2) is 4.68 Å². The van der Waals surface area contributed by atoms with Crippen LogP contribution in [0, 0.1) is 0 Å². The topological polar surface area (TPSA) is 29.9 Å². The van der Waals surface area contributed by atoms with E-state index < -0.39 is 0 Å². The molecule has 2 aromatic carbocycles. The van der Waals surface area contributed by atoms with Crippen molar-refractivity contribution in [1.29, 1.82) is 0 Å². The van der Waals surface area contributed by atoms with E-state index in [4.69, 9.17) is 0 Å². The average Bonchev–Trinajstić information content (AvgIpc) is 3.08. The second kappa shape index (κ2) is 6.27. The van der Waals surface area contributed by atoms with Crippen molar-refractivity contribution in [2.45, 2.75) is 19.4 Å². The first-order valence-corrected chi connectivity index (χ1v) is 7.28. The predicted molar refractivity (Wildman–Crippen MR) is 86.7 cm³/mol. The van der Waals surface area contributed by atoms with Crippen molar-refractivity contribution in [2.75, 3.05) is 5.32 Å². The van der Waals surface area contributed by atoms with Gasteiger partial charge in [0, 0.05) is 18.1 Å². The van der Waals surface area contributed by atoms with Crippen LogP contribution in [0.3, 0.4) is 0 Å². The third-order valence-corrected chi connectivity index (χ3v) is 3.59. The van der Waals surface area contributed by atoms with Gasteiger partial charge < -0.3 is 5.32 Å². The highest BCUT2D eigenvalue weighted by molar-refractivity contribution is 5.50. The maximum atomic E-state index is 4.24. The summed E-state index contributed by atoms with van der Waals surface area (Å²) in [5, 5.41) is 7.82. The molecule has 0 aliphatic heterocycles. The van der Waals surface area contributed by atoms with E-state index in [9.17, 15) is 0 Å². The summed E-state index contributed by atoms with van der Waals surface area (Å²) in [6.45, 7) is 2.20. The molecule has 0 spiro atoms. The smallest absolute Gasteiger partial charge is 0.0647 e. The van der Waals surface area contributed by atoms with Gasteiger partial charge in [0.2, 0.25) is 0 Å². The molecular formula is C18H19N3. The van der Waals surface area contributed by atoms with Gasteiger partial charge in [0.1, 0.15) is 0 Å². The van der Waals surface area contributed by atoms with E-state index >= 15 is 0 Å². The van der Waals surface area contributed by atoms with Crippen LogP contribution in [0.15, 0.2) is 73.1 Å². The molecule has 21 heavy (non-hydrogen) atoms. The number of benzene rings is 2. The minimum atomic E-state index is 0.335. The minimum Gasteiger partial charge on any atom is -0.378 e. The quantitative estimate of drug-likeness (QED) is 0.747. The standard InChI is InChI=1S/C18H19N3/c1-2-18(15-7-4-3-5-8-15)20-16-9-11-17(12-10-16)21-14-6-13-19-21/h3-14,18,20H,2H2,1H3. The summed E-state index contributed by atoms with van der Waals surface area (Å²) in [6.07, 6.45) is 4.78. The summed E-state index contributed by atoms with van der Waals surface area (Å²) in [5.41, 5.74) is 3.51. The summed E-state index contributed by atoms with van der Waals surface area (Å²) >= 11 is 0. The lowest BCUT2D eigenvalue weighted by Crippen LogP contribution is -2.09. The highest BCUT2D eigenvalue weighted by atomic mass is 15.3. The van der Waals surface area contributed by atoms with Gasteiger partial charge in [-0.15, -0.1) is 0 Å². The number of rotatable bonds is 5. The largest absolute Gasteiger partial charge is 0.378 e. The van der Waals surface area contributed by atoms with Gasteiger partial charge in [0.15, 0.2) is 0 Å². The van der Waals surface area contributed by atoms with Crippen LogP contribution in [0.1, 0.15) is 24.9 Å². The highest BCUT2D eigenvalue weighted by Gasteiger charge is 2.08. The summed E-state index contributed by atoms with van der Waals surface area (Å²) in [6, 6.07) is 21.2. The van der Waals surface area contributed by atoms with Crippen LogP contribution in [0.25, 0.3) is 5.69 Å². The van der Waals surface area contributed by atoms with Crippen molar-refractivity contribution in [3.8, 4) is 5.69 Å². The van der Waals surface area contributed by atoms with E-state index in [0.29, 0.717) is 6.04 Å². The molecular weight excluding hydrogens is 258 g/mol. The lowest BCUT2D eigenvalue weighted by molar-refractivity contribution is 0.749. The maximum Gasteiger partial charge on any atom is 0.0647 e. The van der Waals surface area contributed by atoms with E-state index in [2.05, 4.69) is 71.9 Å². The summed E-state index contributed by atoms with van der Waals surface area (Å²) in [5.74, 6) is 0. The van der Waals surface area contributed by atoms with Gasteiger partial charge in [-0.3, -0.25) is 0 Å². The molecule has 1 unspecified atom stereocenters. The third-order valence-electron chi connectivity index (χ3n) is 3.59. The Morgan fingerprint density at radius 3 is 2.38 bits per heavy atom. The number of hydrogen-bond acceptors (Lipinski definition) is 2. The van der Waals surface area contributed by atoms with E-state index in [-0.39, 0.29) is 0 Å². The lowest BCUT2D eigenvalue weighted by Gasteiger charge is -2.19. The monoisotopic (exact) mass is 277 g/mol. The number of nitrogens with one attached hydrogen (secondary N) is 1. The van der Waals surface area contributed by atoms with E-state index in [0.717, 1.165) is 17.8 Å². The molecule has 1 atom stereocenters. The zero-order valence-electron chi connectivity index (χ0n) is 12.1. The van der Waals surface area contributed by atoms with Crippen LogP contribution < -0.4 is 5.32 Å². The molecule has 0 radical (unpaired) electrons. The molecule has 0 bridgehead atoms. The molecule has 1 N–H and O–H groups in total. The van der Waals surface area contributed by atoms with Crippen molar-refractivity contribution < 1.29 is 0 Å². The van der Waals surface area contributed by atoms with Gasteiger partial charge >= 0.3 is 0 Å². The summed E-state index contributed by atoms with van der Waals surface area (Å²) in [7, 11) is 0. The van der Waals surface area contributed by atoms with E-state index in [1.807, 2.05) is 16.9 Å². The zero-order chi connectivity index (χ0) is 14.5. The SMILES string of the molecule is CCC(Nc1ccc(-n2cccn2)cc1)c1ccccc1. The predicted octanol–water partition coefficient (Wildman–Crippen LogP) is 4.44. The summed E-state index contributed by atoms with van der Waals surface area (Å²) < 4.78 is 1.86. The molecule has 106 valence electrons. The zero-order valence-corrected chi connectivity index (χ0v) is 12.1. The van der Waals surface area contributed by atoms with Crippen LogP contribution in [0.4, 0.5) is 5.69 Å². The number of anilines is 1. The molecule has 0 amide bonds. The van der Waals surface area contributed by atoms with E-state index in [1.54, 1.807) is 6.20 Å². The van der Waals surface area contributed by atoms with Crippen LogP contribution >= 0.6 is 0 Å². The Kier molecular flexibility index (Phi) is 4.01. The Morgan fingerprint density at radius 2 is 1.76 bits per heavy atom. The van der Waals surface area contributed by atoms with Crippen LogP contribution in [-0.2, 0) is 0 Å². The molecule has 0 saturated heterocycles. The van der Waals surface area contributed by atoms with Gasteiger partial charge in [-0.1, -0.05) is 37.3 Å². The fourth-order valence-corrected chi connectivity index (χ4v) is 2.44. The van der Waals surface area contributed by atoms with Crippen LogP contribution in [0.2, 0.25) is 0 Å². The molecule has 1 aromatic heterocycles. The van der Waals surface area contributed by atoms with E-state index in [1.165, 1.54) is 5.56 Å². The summed E-state index contributed by atoms with van der Waals surface area (Å²) in [4.78, 5) is 0. The van der Waals surface area contributed by atoms with Gasteiger partial charge in [-0.2, -0.15) is 5.10 Å². The van der Waals surface area contributed by atoms with Gasteiger partial charge in [0.05, 0.1) is 11.7 Å². The molecule has 3 aromatic rings. The first kappa shape index (κ1) is 13.4. The first-order valence-electron chi connectivity index (χ1n) is 7.28. The fraction of sp³-hybridized carbons (Fsp3) is 0.167. The second-order valence-corrected chi connectivity index (χ2v) is 5.01. The molecule has 3 heteroatoms. The first-order chi connectivity index (χ1) is 10.4. The van der Waals surface area contributed by atoms with Crippen molar-refractivity contribution in [1.82, 2.24) is 9.78 Å². The molecule has 3 rings (SSSR count). The fourth-order valence-electron chi connectivity index (χ4n) is 2.44. The van der Waals surface area contributed by atoms with Gasteiger partial charge in [-0.05, 0) is 42.3 Å². The highest BCUT2D eigenvalue weighted by Crippen LogP contribution is 2.23. The number of nitrogens with zero attached hydrogens (tertiary/aromatic N) is 2. The molecule has 0 saturated carbocycles. The van der Waals surface area contributed by atoms with Crippen molar-refractivity contribution >= 4 is 5.69 Å². The Bertz CT molecular complexity index is 657. The molecule has 0 aliphatic rings. The van der Waals surface area contributed by atoms with Crippen molar-refractivity contribution in [3.05, 3.63) is 78.6 Å². The molecule has 1 heterocycles. The Labute approximate surface area is 125 Å². The lowest BCUT2D eigenvalue weighted by atomic mass is 10.0. The van der Waals surface area contributed by atoms with Crippen molar-refractivity contribution in [2.24, 2.45) is 0 Å². The molecule has 0 aliphatic carbocycles.